The molecule has 0 saturated carbocycles. The normalized spacial score (nSPS) is 20.7. The lowest BCUT2D eigenvalue weighted by molar-refractivity contribution is 0.0595. The highest BCUT2D eigenvalue weighted by Gasteiger charge is 2.40. The summed E-state index contributed by atoms with van der Waals surface area (Å²) in [7, 11) is 0. The van der Waals surface area contributed by atoms with E-state index in [9.17, 15) is 4.79 Å². The number of imidazole rings is 1. The molecule has 2 aliphatic rings. The number of fused-ring (bicyclic) bond motifs is 4. The van der Waals surface area contributed by atoms with Gasteiger partial charge in [-0.1, -0.05) is 12.0 Å². The monoisotopic (exact) mass is 355 g/mol. The zero-order chi connectivity index (χ0) is 18.4. The summed E-state index contributed by atoms with van der Waals surface area (Å²) in [5.74, 6) is 6.69. The van der Waals surface area contributed by atoms with Crippen LogP contribution < -0.4 is 0 Å². The third-order valence-electron chi connectivity index (χ3n) is 5.95. The van der Waals surface area contributed by atoms with Crippen LogP contribution in [0, 0.1) is 11.8 Å². The Morgan fingerprint density at radius 1 is 1.26 bits per heavy atom. The lowest BCUT2D eigenvalue weighted by Gasteiger charge is -2.38. The van der Waals surface area contributed by atoms with Gasteiger partial charge in [-0.2, -0.15) is 0 Å². The van der Waals surface area contributed by atoms with Gasteiger partial charge in [0.15, 0.2) is 0 Å². The number of hydrogen-bond donors (Lipinski definition) is 1. The lowest BCUT2D eigenvalue weighted by atomic mass is 9.87. The third kappa shape index (κ3) is 2.62. The van der Waals surface area contributed by atoms with Crippen LogP contribution in [0.25, 0.3) is 11.0 Å². The highest BCUT2D eigenvalue weighted by atomic mass is 16.2. The molecule has 0 radical (unpaired) electrons. The highest BCUT2D eigenvalue weighted by Crippen LogP contribution is 2.43. The molecule has 1 N–H and O–H groups in total. The zero-order valence-electron chi connectivity index (χ0n) is 15.3. The van der Waals surface area contributed by atoms with Gasteiger partial charge in [-0.15, -0.1) is 5.92 Å². The number of aromatic nitrogens is 2. The lowest BCUT2D eigenvalue weighted by Crippen LogP contribution is -2.46. The fourth-order valence-electron chi connectivity index (χ4n) is 4.73. The predicted octanol–water partition coefficient (Wildman–Crippen LogP) is 3.88. The molecule has 27 heavy (non-hydrogen) atoms. The predicted molar refractivity (Wildman–Crippen MR) is 106 cm³/mol. The number of hydrogen-bond acceptors (Lipinski definition) is 2. The van der Waals surface area contributed by atoms with Gasteiger partial charge in [0.25, 0.3) is 5.91 Å². The van der Waals surface area contributed by atoms with Crippen LogP contribution in [-0.2, 0) is 6.42 Å². The average Bonchev–Trinajstić information content (AvgIpc) is 3.31. The number of nitrogens with zero attached hydrogens (tertiary/aromatic N) is 2. The second-order valence-electron chi connectivity index (χ2n) is 7.44. The molecule has 1 saturated heterocycles. The van der Waals surface area contributed by atoms with Crippen molar-refractivity contribution in [2.75, 3.05) is 6.54 Å². The van der Waals surface area contributed by atoms with Crippen LogP contribution in [0.3, 0.4) is 0 Å². The van der Waals surface area contributed by atoms with Gasteiger partial charge in [-0.3, -0.25) is 4.79 Å². The maximum absolute atomic E-state index is 13.3. The van der Waals surface area contributed by atoms with E-state index in [1.165, 1.54) is 11.1 Å². The van der Waals surface area contributed by atoms with Crippen LogP contribution in [0.4, 0.5) is 0 Å². The van der Waals surface area contributed by atoms with Gasteiger partial charge in [0, 0.05) is 29.6 Å². The van der Waals surface area contributed by atoms with Crippen molar-refractivity contribution in [2.45, 2.75) is 38.1 Å². The maximum Gasteiger partial charge on any atom is 0.254 e. The first kappa shape index (κ1) is 16.1. The summed E-state index contributed by atoms with van der Waals surface area (Å²) in [6.07, 6.45) is 4.79. The Morgan fingerprint density at radius 3 is 3.07 bits per heavy atom. The van der Waals surface area contributed by atoms with Gasteiger partial charge in [-0.05, 0) is 67.6 Å². The quantitative estimate of drug-likeness (QED) is 0.674. The number of carbonyl (C=O) groups excluding carboxylic acids is 1. The first-order chi connectivity index (χ1) is 13.2. The van der Waals surface area contributed by atoms with E-state index in [1.54, 1.807) is 6.33 Å². The van der Waals surface area contributed by atoms with Gasteiger partial charge in [0.05, 0.1) is 17.4 Å². The molecule has 2 heterocycles. The third-order valence-corrected chi connectivity index (χ3v) is 5.95. The minimum Gasteiger partial charge on any atom is -0.345 e. The summed E-state index contributed by atoms with van der Waals surface area (Å²) >= 11 is 0. The van der Waals surface area contributed by atoms with Gasteiger partial charge in [0.2, 0.25) is 0 Å². The molecule has 134 valence electrons. The summed E-state index contributed by atoms with van der Waals surface area (Å²) in [5.41, 5.74) is 6.36. The summed E-state index contributed by atoms with van der Waals surface area (Å²) in [6, 6.07) is 12.5. The molecule has 5 rings (SSSR count). The van der Waals surface area contributed by atoms with Crippen molar-refractivity contribution >= 4 is 16.9 Å². The number of rotatable bonds is 1. The summed E-state index contributed by atoms with van der Waals surface area (Å²) in [6.45, 7) is 2.70. The van der Waals surface area contributed by atoms with E-state index in [-0.39, 0.29) is 11.9 Å². The van der Waals surface area contributed by atoms with Crippen molar-refractivity contribution in [3.05, 3.63) is 65.0 Å². The standard InChI is InChI=1S/C23H21N3O/c1-2-4-15-6-7-16-13-22-18(19(16)11-15)5-3-10-26(22)23(27)17-8-9-20-21(12-17)25-14-24-20/h6-9,11-12,14,18,22H,3,5,10,13H2,1H3,(H,24,25). The SMILES string of the molecule is CC#Cc1ccc2c(c1)C1CCCN(C(=O)c3ccc4[nH]cnc4c3)C1C2. The Kier molecular flexibility index (Phi) is 3.75. The second-order valence-corrected chi connectivity index (χ2v) is 7.44. The van der Waals surface area contributed by atoms with E-state index in [1.807, 2.05) is 25.1 Å². The van der Waals surface area contributed by atoms with Crippen molar-refractivity contribution in [3.63, 3.8) is 0 Å². The Bertz CT molecular complexity index is 1100. The Labute approximate surface area is 158 Å². The minimum absolute atomic E-state index is 0.121. The largest absolute Gasteiger partial charge is 0.345 e. The summed E-state index contributed by atoms with van der Waals surface area (Å²) < 4.78 is 0. The molecule has 2 atom stereocenters. The van der Waals surface area contributed by atoms with Gasteiger partial charge >= 0.3 is 0 Å². The molecule has 0 spiro atoms. The van der Waals surface area contributed by atoms with E-state index in [0.717, 1.165) is 48.0 Å². The Hall–Kier alpha value is -3.06. The highest BCUT2D eigenvalue weighted by molar-refractivity contribution is 5.97. The fourth-order valence-corrected chi connectivity index (χ4v) is 4.73. The van der Waals surface area contributed by atoms with Crippen molar-refractivity contribution in [3.8, 4) is 11.8 Å². The number of amides is 1. The molecule has 1 aliphatic heterocycles. The van der Waals surface area contributed by atoms with Crippen LogP contribution in [-0.4, -0.2) is 33.4 Å². The van der Waals surface area contributed by atoms with E-state index >= 15 is 0 Å². The summed E-state index contributed by atoms with van der Waals surface area (Å²) in [5, 5.41) is 0. The van der Waals surface area contributed by atoms with E-state index in [0.29, 0.717) is 5.92 Å². The van der Waals surface area contributed by atoms with E-state index in [4.69, 9.17) is 0 Å². The van der Waals surface area contributed by atoms with Crippen LogP contribution in [0.1, 0.15) is 52.7 Å². The van der Waals surface area contributed by atoms with Crippen molar-refractivity contribution in [1.29, 1.82) is 0 Å². The van der Waals surface area contributed by atoms with Crippen LogP contribution in [0.2, 0.25) is 0 Å². The Morgan fingerprint density at radius 2 is 2.19 bits per heavy atom. The number of benzene rings is 2. The van der Waals surface area contributed by atoms with Crippen LogP contribution >= 0.6 is 0 Å². The molecule has 0 bridgehead atoms. The molecule has 2 aromatic carbocycles. The molecule has 3 aromatic rings. The van der Waals surface area contributed by atoms with E-state index < -0.39 is 0 Å². The molecular weight excluding hydrogens is 334 g/mol. The van der Waals surface area contributed by atoms with Crippen LogP contribution in [0.15, 0.2) is 42.7 Å². The van der Waals surface area contributed by atoms with Crippen molar-refractivity contribution < 1.29 is 4.79 Å². The molecular formula is C23H21N3O. The van der Waals surface area contributed by atoms with Crippen molar-refractivity contribution in [2.24, 2.45) is 0 Å². The number of likely N-dealkylation sites (tertiary alicyclic amines) is 1. The second kappa shape index (κ2) is 6.28. The molecule has 1 fully saturated rings. The number of piperidine rings is 1. The van der Waals surface area contributed by atoms with Crippen LogP contribution in [0.5, 0.6) is 0 Å². The first-order valence-electron chi connectivity index (χ1n) is 9.54. The van der Waals surface area contributed by atoms with Gasteiger partial charge in [-0.25, -0.2) is 4.98 Å². The number of H-pyrrole nitrogens is 1. The molecule has 2 unspecified atom stereocenters. The number of carbonyl (C=O) groups is 1. The summed E-state index contributed by atoms with van der Waals surface area (Å²) in [4.78, 5) is 22.8. The topological polar surface area (TPSA) is 49.0 Å². The first-order valence-corrected chi connectivity index (χ1v) is 9.54. The average molecular weight is 355 g/mol. The molecule has 1 amide bonds. The van der Waals surface area contributed by atoms with Crippen molar-refractivity contribution in [1.82, 2.24) is 14.9 Å². The fraction of sp³-hybridized carbons (Fsp3) is 0.304. The smallest absolute Gasteiger partial charge is 0.254 e. The zero-order valence-corrected chi connectivity index (χ0v) is 15.3. The molecule has 1 aliphatic carbocycles. The molecule has 4 nitrogen and oxygen atoms in total. The van der Waals surface area contributed by atoms with Gasteiger partial charge in [0.1, 0.15) is 0 Å². The molecule has 1 aromatic heterocycles. The number of nitrogens with one attached hydrogen (secondary N) is 1. The Balaban J connectivity index is 1.47. The maximum atomic E-state index is 13.3. The van der Waals surface area contributed by atoms with Gasteiger partial charge < -0.3 is 9.88 Å². The number of aromatic amines is 1. The minimum atomic E-state index is 0.121. The van der Waals surface area contributed by atoms with E-state index in [2.05, 4.69) is 44.9 Å². The molecule has 4 heteroatoms.